The highest BCUT2D eigenvalue weighted by atomic mass is 35.6. The van der Waals surface area contributed by atoms with E-state index in [0.29, 0.717) is 73.0 Å². The van der Waals surface area contributed by atoms with Crippen molar-refractivity contribution in [2.45, 2.75) is 203 Å². The molecule has 14 rings (SSSR count). The minimum atomic E-state index is -2.17. The molecule has 14 aliphatic rings. The first-order valence-corrected chi connectivity index (χ1v) is 29.1. The molecule has 0 aromatic heterocycles. The van der Waals surface area contributed by atoms with Gasteiger partial charge in [0.1, 0.15) is 0 Å². The minimum absolute atomic E-state index is 0.381. The summed E-state index contributed by atoms with van der Waals surface area (Å²) >= 11 is -2.17. The lowest BCUT2D eigenvalue weighted by atomic mass is 9.62. The van der Waals surface area contributed by atoms with E-state index in [-0.39, 0.29) is 0 Å². The van der Waals surface area contributed by atoms with Gasteiger partial charge >= 0.3 is 13.7 Å². The number of hydrogen-bond donors (Lipinski definition) is 6. The Morgan fingerprint density at radius 1 is 0.293 bits per heavy atom. The van der Waals surface area contributed by atoms with Gasteiger partial charge in [0.25, 0.3) is 0 Å². The van der Waals surface area contributed by atoms with Crippen LogP contribution in [-0.4, -0.2) is 70.8 Å². The second-order valence-corrected chi connectivity index (χ2v) is 27.3. The van der Waals surface area contributed by atoms with Crippen molar-refractivity contribution >= 4 is 23.7 Å². The Morgan fingerprint density at radius 3 is 0.724 bits per heavy atom. The van der Waals surface area contributed by atoms with Gasteiger partial charge in [-0.25, -0.2) is 10.0 Å². The molecule has 0 spiro atoms. The average molecular weight is 830 g/mol. The molecule has 0 aromatic rings. The van der Waals surface area contributed by atoms with Crippen LogP contribution in [0.25, 0.3) is 0 Å². The van der Waals surface area contributed by atoms with Crippen molar-refractivity contribution in [2.24, 2.45) is 94.7 Å². The Bertz CT molecular complexity index is 1340. The summed E-state index contributed by atoms with van der Waals surface area (Å²) in [6, 6.07) is 0. The van der Waals surface area contributed by atoms with Gasteiger partial charge < -0.3 is 7.77 Å². The maximum Gasteiger partial charge on any atom is 0.625 e. The summed E-state index contributed by atoms with van der Waals surface area (Å²) in [6.07, 6.45) is 38.2. The zero-order valence-corrected chi connectivity index (χ0v) is 37.6. The number of halogens is 1. The average Bonchev–Trinajstić information content (AvgIpc) is 3.95. The van der Waals surface area contributed by atoms with E-state index in [2.05, 4.69) is 39.7 Å². The van der Waals surface area contributed by atoms with Gasteiger partial charge in [0, 0.05) is 24.7 Å². The first kappa shape index (κ1) is 37.8. The molecule has 0 radical (unpaired) electrons. The molecule has 58 heavy (non-hydrogen) atoms. The van der Waals surface area contributed by atoms with Crippen LogP contribution in [0.3, 0.4) is 0 Å². The van der Waals surface area contributed by atoms with Gasteiger partial charge in [-0.15, -0.1) is 0 Å². The molecule has 14 fully saturated rings. The molecule has 6 aliphatic heterocycles. The molecular weight excluding hydrogens is 751 g/mol. The molecule has 320 valence electrons. The van der Waals surface area contributed by atoms with Crippen molar-refractivity contribution in [3.05, 3.63) is 0 Å². The summed E-state index contributed by atoms with van der Waals surface area (Å²) in [5.41, 5.74) is 0. The molecule has 6 heterocycles. The number of fused-ring (bicyclic) bond motifs is 20. The van der Waals surface area contributed by atoms with Crippen LogP contribution in [0.4, 0.5) is 0 Å². The molecule has 24 unspecified atom stereocenters. The molecule has 24 atom stereocenters. The fourth-order valence-corrected chi connectivity index (χ4v) is 23.9. The van der Waals surface area contributed by atoms with E-state index in [4.69, 9.17) is 10.0 Å². The van der Waals surface area contributed by atoms with Gasteiger partial charge in [0.2, 0.25) is 0 Å². The Kier molecular flexibility index (Phi) is 9.63. The largest absolute Gasteiger partial charge is 0.625 e. The highest BCUT2D eigenvalue weighted by Crippen LogP contribution is 2.58. The smallest absolute Gasteiger partial charge is 0.328 e. The van der Waals surface area contributed by atoms with Crippen molar-refractivity contribution in [1.29, 1.82) is 0 Å². The third-order valence-electron chi connectivity index (χ3n) is 22.3. The van der Waals surface area contributed by atoms with E-state index in [0.717, 1.165) is 71.0 Å². The van der Waals surface area contributed by atoms with Crippen LogP contribution >= 0.6 is 10.0 Å². The van der Waals surface area contributed by atoms with Crippen LogP contribution in [0.15, 0.2) is 0 Å². The summed E-state index contributed by atoms with van der Waals surface area (Å²) in [5, 5.41) is 27.7. The summed E-state index contributed by atoms with van der Waals surface area (Å²) in [7, 11) is 8.71. The first-order valence-electron chi connectivity index (χ1n) is 26.4. The third kappa shape index (κ3) is 5.85. The van der Waals surface area contributed by atoms with E-state index in [9.17, 15) is 0 Å². The Hall–Kier alpha value is 0.502. The predicted molar refractivity (Wildman–Crippen MR) is 231 cm³/mol. The predicted octanol–water partition coefficient (Wildman–Crippen LogP) is 7.37. The van der Waals surface area contributed by atoms with Crippen LogP contribution < -0.4 is 31.9 Å². The lowest BCUT2D eigenvalue weighted by Gasteiger charge is -2.46. The number of rotatable bonds is 0. The lowest BCUT2D eigenvalue weighted by Crippen LogP contribution is -2.73. The van der Waals surface area contributed by atoms with Crippen molar-refractivity contribution in [1.82, 2.24) is 39.7 Å². The van der Waals surface area contributed by atoms with E-state index in [1.165, 1.54) is 154 Å². The minimum Gasteiger partial charge on any atom is -0.328 e. The van der Waals surface area contributed by atoms with Gasteiger partial charge in [-0.2, -0.15) is 0 Å². The topological polar surface area (TPSA) is 78.7 Å². The number of nitrogens with one attached hydrogen (secondary N) is 6. The van der Waals surface area contributed by atoms with Crippen LogP contribution in [-0.2, 0) is 0 Å². The van der Waals surface area contributed by atoms with Crippen molar-refractivity contribution in [3.63, 3.8) is 0 Å². The monoisotopic (exact) mass is 829 g/mol. The van der Waals surface area contributed by atoms with E-state index >= 15 is 0 Å². The molecule has 0 amide bonds. The van der Waals surface area contributed by atoms with Crippen LogP contribution in [0, 0.1) is 94.7 Å². The molecule has 0 aromatic carbocycles. The molecule has 8 nitrogen and oxygen atoms in total. The van der Waals surface area contributed by atoms with Crippen molar-refractivity contribution < 1.29 is 0 Å². The molecule has 10 heteroatoms. The van der Waals surface area contributed by atoms with Crippen LogP contribution in [0.1, 0.15) is 154 Å². The third-order valence-corrected chi connectivity index (χ3v) is 25.9. The molecule has 8 aliphatic carbocycles. The fraction of sp³-hybridized carbons (Fsp3) is 1.00. The highest BCUT2D eigenvalue weighted by Gasteiger charge is 2.67. The van der Waals surface area contributed by atoms with Gasteiger partial charge in [-0.1, -0.05) is 103 Å². The van der Waals surface area contributed by atoms with Gasteiger partial charge in [0.05, 0.1) is 24.7 Å². The zero-order valence-electron chi connectivity index (χ0n) is 35.7. The van der Waals surface area contributed by atoms with E-state index in [1.807, 2.05) is 0 Å². The Labute approximate surface area is 359 Å². The Balaban J connectivity index is 0.908. The molecule has 6 N–H and O–H groups in total. The standard InChI is InChI=1S/C48H78N8.Al.ClH/c1-2-10-26-18-34-33(17-25(26)9-1)41-49-42(34)54-44-37-21-29-13-5-6-14-30(29)22-38(37)46(51-44)56-48-40-24-32-16-8-7-15-31(32)23-39(40)47(52-48)55-45-36-20-28-12-4-3-11-27(28)19-35(36)43(50-45)53-41;;/h25-49,52-56H,1-24H2;;1H/q-2;+3;/p-1. The molecule has 8 saturated carbocycles. The van der Waals surface area contributed by atoms with Crippen LogP contribution in [0.2, 0.25) is 0 Å². The summed E-state index contributed by atoms with van der Waals surface area (Å²) in [4.78, 5) is 0. The zero-order chi connectivity index (χ0) is 37.8. The van der Waals surface area contributed by atoms with Crippen LogP contribution in [0.5, 0.6) is 0 Å². The van der Waals surface area contributed by atoms with Gasteiger partial charge in [-0.05, 0) is 146 Å². The summed E-state index contributed by atoms with van der Waals surface area (Å²) in [5.74, 6) is 13.2. The maximum absolute atomic E-state index is 8.71. The maximum atomic E-state index is 8.71. The molecule has 6 saturated heterocycles. The van der Waals surface area contributed by atoms with Crippen molar-refractivity contribution in [2.75, 3.05) is 0 Å². The normalized spacial score (nSPS) is 59.6. The Morgan fingerprint density at radius 2 is 0.500 bits per heavy atom. The van der Waals surface area contributed by atoms with Gasteiger partial charge in [-0.3, -0.25) is 31.9 Å². The number of hydrogen-bond acceptors (Lipinski definition) is 8. The molecule has 6 bridgehead atoms. The quantitative estimate of drug-likeness (QED) is 0.142. The number of nitrogens with zero attached hydrogens (tertiary/aromatic N) is 2. The SMILES string of the molecule is [Cl][Al]1[N]2C3NC4NC(NC5C6CC7CCCCC7CC6C(NC6NC(NC2C2CC7CCCCC7CC23)C2CC3CCCCC3CC62)[N]51)C1CC2CCCCC2CC41. The first-order chi connectivity index (χ1) is 28.6. The van der Waals surface area contributed by atoms with Crippen molar-refractivity contribution in [3.8, 4) is 0 Å². The lowest BCUT2D eigenvalue weighted by molar-refractivity contribution is 0.0496. The second kappa shape index (κ2) is 14.8. The van der Waals surface area contributed by atoms with Gasteiger partial charge in [0.15, 0.2) is 0 Å². The second-order valence-electron chi connectivity index (χ2n) is 24.3. The highest BCUT2D eigenvalue weighted by molar-refractivity contribution is 7.03. The fourth-order valence-electron chi connectivity index (χ4n) is 19.9. The summed E-state index contributed by atoms with van der Waals surface area (Å²) in [6.45, 7) is 0. The summed E-state index contributed by atoms with van der Waals surface area (Å²) < 4.78 is 6.20. The van der Waals surface area contributed by atoms with E-state index < -0.39 is 13.7 Å². The van der Waals surface area contributed by atoms with E-state index in [1.54, 1.807) is 0 Å². The molecular formula is C48H78AlClN8.